The van der Waals surface area contributed by atoms with E-state index in [-0.39, 0.29) is 30.3 Å². The van der Waals surface area contributed by atoms with Crippen LogP contribution in [0.3, 0.4) is 0 Å². The Labute approximate surface area is 240 Å². The molecule has 3 aromatic rings. The van der Waals surface area contributed by atoms with Gasteiger partial charge in [-0.2, -0.15) is 0 Å². The van der Waals surface area contributed by atoms with Crippen LogP contribution in [-0.2, 0) is 19.1 Å². The van der Waals surface area contributed by atoms with Gasteiger partial charge in [-0.25, -0.2) is 0 Å². The first-order valence-electron chi connectivity index (χ1n) is 12.9. The molecule has 0 fully saturated rings. The first-order valence-corrected chi connectivity index (χ1v) is 12.9. The number of ether oxygens (including phenoxy) is 4. The number of nitrogens with one attached hydrogen (secondary N) is 1. The van der Waals surface area contributed by atoms with Gasteiger partial charge in [-0.1, -0.05) is 60.4 Å². The van der Waals surface area contributed by atoms with Crippen LogP contribution >= 0.6 is 0 Å². The molecule has 0 spiro atoms. The molecule has 0 saturated carbocycles. The summed E-state index contributed by atoms with van der Waals surface area (Å²) in [6.07, 6.45) is 0.155. The molecule has 3 aromatic carbocycles. The van der Waals surface area contributed by atoms with Crippen LogP contribution in [0.25, 0.3) is 0 Å². The fourth-order valence-electron chi connectivity index (χ4n) is 3.97. The van der Waals surface area contributed by atoms with Crippen LogP contribution in [-0.4, -0.2) is 45.8 Å². The summed E-state index contributed by atoms with van der Waals surface area (Å²) < 4.78 is 21.6. The topological polar surface area (TPSA) is 103 Å². The molecule has 1 atom stereocenters. The van der Waals surface area contributed by atoms with Crippen LogP contribution in [0, 0.1) is 25.7 Å². The van der Waals surface area contributed by atoms with Crippen molar-refractivity contribution >= 4 is 23.5 Å². The Hall–Kier alpha value is -4.97. The van der Waals surface area contributed by atoms with Crippen molar-refractivity contribution < 1.29 is 33.3 Å². The fourth-order valence-corrected chi connectivity index (χ4v) is 3.97. The van der Waals surface area contributed by atoms with Crippen LogP contribution in [0.1, 0.15) is 41.6 Å². The van der Waals surface area contributed by atoms with Crippen LogP contribution in [0.2, 0.25) is 0 Å². The zero-order chi connectivity index (χ0) is 29.9. The second-order valence-corrected chi connectivity index (χ2v) is 9.04. The molecule has 0 saturated heterocycles. The Kier molecular flexibility index (Phi) is 10.8. The predicted molar refractivity (Wildman–Crippen MR) is 155 cm³/mol. The van der Waals surface area contributed by atoms with Crippen molar-refractivity contribution in [3.63, 3.8) is 0 Å². The highest BCUT2D eigenvalue weighted by Crippen LogP contribution is 2.42. The summed E-state index contributed by atoms with van der Waals surface area (Å²) >= 11 is 0. The number of nitrogens with zero attached hydrogens (tertiary/aromatic N) is 1. The van der Waals surface area contributed by atoms with Crippen molar-refractivity contribution in [1.29, 1.82) is 0 Å². The molecule has 0 aromatic heterocycles. The van der Waals surface area contributed by atoms with Crippen molar-refractivity contribution in [2.24, 2.45) is 0 Å². The third-order valence-corrected chi connectivity index (χ3v) is 6.18. The van der Waals surface area contributed by atoms with Gasteiger partial charge in [0.25, 0.3) is 0 Å². The third kappa shape index (κ3) is 7.79. The molecule has 0 bridgehead atoms. The molecule has 41 heavy (non-hydrogen) atoms. The van der Waals surface area contributed by atoms with Gasteiger partial charge >= 0.3 is 11.9 Å². The lowest BCUT2D eigenvalue weighted by atomic mass is 10.0. The van der Waals surface area contributed by atoms with Crippen molar-refractivity contribution in [3.8, 4) is 29.1 Å². The SMILES string of the molecule is CCC(=O)OCNC(=O)C(c1ccc(C)cc1)N(C(=O)C#Cc1ccc(C)cc1)c1cc(OC)c(OC)c(OC)c1. The highest BCUT2D eigenvalue weighted by Gasteiger charge is 2.34. The lowest BCUT2D eigenvalue weighted by Crippen LogP contribution is -2.44. The zero-order valence-electron chi connectivity index (χ0n) is 24.1. The van der Waals surface area contributed by atoms with Crippen molar-refractivity contribution in [1.82, 2.24) is 5.32 Å². The molecule has 1 N–H and O–H groups in total. The predicted octanol–water partition coefficient (Wildman–Crippen LogP) is 4.48. The molecular formula is C32H34N2O7. The molecule has 0 aliphatic carbocycles. The summed E-state index contributed by atoms with van der Waals surface area (Å²) in [5.41, 5.74) is 3.44. The van der Waals surface area contributed by atoms with Gasteiger partial charge in [0.1, 0.15) is 6.04 Å². The zero-order valence-corrected chi connectivity index (χ0v) is 24.1. The molecule has 0 radical (unpaired) electrons. The lowest BCUT2D eigenvalue weighted by Gasteiger charge is -2.30. The van der Waals surface area contributed by atoms with Gasteiger partial charge < -0.3 is 24.3 Å². The van der Waals surface area contributed by atoms with Crippen molar-refractivity contribution in [2.75, 3.05) is 33.0 Å². The van der Waals surface area contributed by atoms with E-state index in [0.717, 1.165) is 11.1 Å². The minimum Gasteiger partial charge on any atom is -0.493 e. The number of methoxy groups -OCH3 is 3. The number of esters is 1. The van der Waals surface area contributed by atoms with Gasteiger partial charge in [0.15, 0.2) is 18.2 Å². The third-order valence-electron chi connectivity index (χ3n) is 6.18. The maximum absolute atomic E-state index is 13.9. The summed E-state index contributed by atoms with van der Waals surface area (Å²) in [5.74, 6) is 4.74. The van der Waals surface area contributed by atoms with E-state index in [1.165, 1.54) is 26.2 Å². The van der Waals surface area contributed by atoms with E-state index >= 15 is 0 Å². The van der Waals surface area contributed by atoms with Crippen LogP contribution < -0.4 is 24.4 Å². The summed E-state index contributed by atoms with van der Waals surface area (Å²) in [6, 6.07) is 16.5. The quantitative estimate of drug-likeness (QED) is 0.222. The fraction of sp³-hybridized carbons (Fsp3) is 0.281. The number of anilines is 1. The van der Waals surface area contributed by atoms with Crippen LogP contribution in [0.5, 0.6) is 17.2 Å². The average Bonchev–Trinajstić information content (AvgIpc) is 2.98. The maximum Gasteiger partial charge on any atom is 0.307 e. The lowest BCUT2D eigenvalue weighted by molar-refractivity contribution is -0.145. The van der Waals surface area contributed by atoms with E-state index in [1.54, 1.807) is 31.2 Å². The summed E-state index contributed by atoms with van der Waals surface area (Å²) in [7, 11) is 4.38. The Balaban J connectivity index is 2.19. The Bertz CT molecular complexity index is 1410. The van der Waals surface area contributed by atoms with E-state index in [1.807, 2.05) is 50.2 Å². The van der Waals surface area contributed by atoms with Crippen molar-refractivity contribution in [2.45, 2.75) is 33.2 Å². The molecule has 2 amide bonds. The molecule has 9 nitrogen and oxygen atoms in total. The number of aryl methyl sites for hydroxylation is 2. The Morgan fingerprint density at radius 2 is 1.41 bits per heavy atom. The number of amides is 2. The highest BCUT2D eigenvalue weighted by atomic mass is 16.5. The molecule has 9 heteroatoms. The number of hydrogen-bond acceptors (Lipinski definition) is 7. The van der Waals surface area contributed by atoms with Gasteiger partial charge in [0, 0.05) is 30.0 Å². The van der Waals surface area contributed by atoms with Gasteiger partial charge in [-0.3, -0.25) is 19.3 Å². The number of hydrogen-bond donors (Lipinski definition) is 1. The number of benzene rings is 3. The van der Waals surface area contributed by atoms with E-state index in [0.29, 0.717) is 16.9 Å². The van der Waals surface area contributed by atoms with E-state index < -0.39 is 23.8 Å². The van der Waals surface area contributed by atoms with Gasteiger partial charge in [-0.15, -0.1) is 0 Å². The van der Waals surface area contributed by atoms with Crippen LogP contribution in [0.15, 0.2) is 60.7 Å². The summed E-state index contributed by atoms with van der Waals surface area (Å²) in [4.78, 5) is 40.6. The second-order valence-electron chi connectivity index (χ2n) is 9.04. The molecule has 214 valence electrons. The number of rotatable bonds is 10. The van der Waals surface area contributed by atoms with Gasteiger partial charge in [0.05, 0.1) is 27.0 Å². The first-order chi connectivity index (χ1) is 19.7. The molecule has 0 aliphatic heterocycles. The normalized spacial score (nSPS) is 10.9. The largest absolute Gasteiger partial charge is 0.493 e. The van der Waals surface area contributed by atoms with Gasteiger partial charge in [-0.05, 0) is 31.5 Å². The van der Waals surface area contributed by atoms with Crippen LogP contribution in [0.4, 0.5) is 5.69 Å². The van der Waals surface area contributed by atoms with E-state index in [9.17, 15) is 14.4 Å². The minimum absolute atomic E-state index is 0.155. The molecule has 0 aliphatic rings. The standard InChI is InChI=1S/C32H34N2O7/c1-7-29(36)41-20-33-32(37)30(24-15-10-22(3)11-16-24)34(28(35)17-14-23-12-8-21(2)9-13-23)25-18-26(38-4)31(40-6)27(19-25)39-5/h8-13,15-16,18-19,30H,7,20H2,1-6H3,(H,33,37). The highest BCUT2D eigenvalue weighted by molar-refractivity contribution is 6.10. The molecular weight excluding hydrogens is 524 g/mol. The Morgan fingerprint density at radius 3 is 1.93 bits per heavy atom. The number of carbonyl (C=O) groups excluding carboxylic acids is 3. The minimum atomic E-state index is -1.20. The first kappa shape index (κ1) is 30.6. The molecule has 3 rings (SSSR count). The summed E-state index contributed by atoms with van der Waals surface area (Å²) in [5, 5.41) is 2.61. The summed E-state index contributed by atoms with van der Waals surface area (Å²) in [6.45, 7) is 5.16. The monoisotopic (exact) mass is 558 g/mol. The van der Waals surface area contributed by atoms with E-state index in [4.69, 9.17) is 18.9 Å². The molecule has 0 heterocycles. The number of carbonyl (C=O) groups is 3. The molecule has 1 unspecified atom stereocenters. The second kappa shape index (κ2) is 14.4. The average molecular weight is 559 g/mol. The Morgan fingerprint density at radius 1 is 0.854 bits per heavy atom. The van der Waals surface area contributed by atoms with Crippen molar-refractivity contribution in [3.05, 3.63) is 82.9 Å². The smallest absolute Gasteiger partial charge is 0.307 e. The van der Waals surface area contributed by atoms with Gasteiger partial charge in [0.2, 0.25) is 11.7 Å². The van der Waals surface area contributed by atoms with E-state index in [2.05, 4.69) is 17.2 Å². The maximum atomic E-state index is 13.9.